The standard InChI is InChI=1S/C16H18N4O3/c1-10-7-12(20-9-17-8-18-20)3-4-13(10)15(21)19-6-5-14(11(19)2)16(22)23/h3-4,7-9,11,14H,5-6H2,1-2H3,(H,22,23). The fourth-order valence-corrected chi connectivity index (χ4v) is 3.08. The Labute approximate surface area is 133 Å². The quantitative estimate of drug-likeness (QED) is 0.927. The summed E-state index contributed by atoms with van der Waals surface area (Å²) in [5.41, 5.74) is 2.25. The molecule has 7 heteroatoms. The Hall–Kier alpha value is -2.70. The zero-order chi connectivity index (χ0) is 16.6. The van der Waals surface area contributed by atoms with E-state index in [1.807, 2.05) is 19.1 Å². The van der Waals surface area contributed by atoms with Crippen LogP contribution in [0.3, 0.4) is 0 Å². The molecule has 0 spiro atoms. The van der Waals surface area contributed by atoms with Gasteiger partial charge in [-0.15, -0.1) is 0 Å². The monoisotopic (exact) mass is 314 g/mol. The van der Waals surface area contributed by atoms with E-state index in [1.54, 1.807) is 28.9 Å². The van der Waals surface area contributed by atoms with Crippen LogP contribution in [0.1, 0.15) is 29.3 Å². The normalized spacial score (nSPS) is 20.7. The van der Waals surface area contributed by atoms with E-state index in [0.717, 1.165) is 11.3 Å². The van der Waals surface area contributed by atoms with Gasteiger partial charge < -0.3 is 10.0 Å². The van der Waals surface area contributed by atoms with Crippen LogP contribution in [0, 0.1) is 12.8 Å². The molecule has 1 fully saturated rings. The van der Waals surface area contributed by atoms with Crippen molar-refractivity contribution in [2.24, 2.45) is 5.92 Å². The van der Waals surface area contributed by atoms with E-state index in [0.29, 0.717) is 18.5 Å². The average molecular weight is 314 g/mol. The Morgan fingerprint density at radius 1 is 1.35 bits per heavy atom. The van der Waals surface area contributed by atoms with Crippen molar-refractivity contribution >= 4 is 11.9 Å². The second-order valence-electron chi connectivity index (χ2n) is 5.81. The average Bonchev–Trinajstić information content (AvgIpc) is 3.15. The summed E-state index contributed by atoms with van der Waals surface area (Å²) in [6, 6.07) is 5.14. The van der Waals surface area contributed by atoms with Gasteiger partial charge in [0.15, 0.2) is 0 Å². The first-order valence-corrected chi connectivity index (χ1v) is 7.48. The maximum atomic E-state index is 12.7. The second-order valence-corrected chi connectivity index (χ2v) is 5.81. The van der Waals surface area contributed by atoms with Gasteiger partial charge >= 0.3 is 5.97 Å². The molecular weight excluding hydrogens is 296 g/mol. The van der Waals surface area contributed by atoms with E-state index in [4.69, 9.17) is 0 Å². The number of hydrogen-bond donors (Lipinski definition) is 1. The van der Waals surface area contributed by atoms with Crippen LogP contribution in [0.25, 0.3) is 5.69 Å². The van der Waals surface area contributed by atoms with Gasteiger partial charge in [0.2, 0.25) is 0 Å². The molecule has 1 saturated heterocycles. The lowest BCUT2D eigenvalue weighted by Crippen LogP contribution is -2.38. The fourth-order valence-electron chi connectivity index (χ4n) is 3.08. The highest BCUT2D eigenvalue weighted by Gasteiger charge is 2.38. The molecule has 0 saturated carbocycles. The molecule has 0 aliphatic carbocycles. The van der Waals surface area contributed by atoms with Gasteiger partial charge in [-0.1, -0.05) is 0 Å². The van der Waals surface area contributed by atoms with Crippen molar-refractivity contribution < 1.29 is 14.7 Å². The molecule has 0 radical (unpaired) electrons. The van der Waals surface area contributed by atoms with Crippen LogP contribution in [0.4, 0.5) is 0 Å². The molecule has 7 nitrogen and oxygen atoms in total. The van der Waals surface area contributed by atoms with Gasteiger partial charge in [-0.3, -0.25) is 9.59 Å². The van der Waals surface area contributed by atoms with Crippen LogP contribution in [-0.2, 0) is 4.79 Å². The van der Waals surface area contributed by atoms with E-state index in [2.05, 4.69) is 10.1 Å². The highest BCUT2D eigenvalue weighted by molar-refractivity contribution is 5.96. The Morgan fingerprint density at radius 2 is 2.13 bits per heavy atom. The lowest BCUT2D eigenvalue weighted by atomic mass is 10.0. The number of carboxylic acid groups (broad SMARTS) is 1. The molecule has 0 bridgehead atoms. The number of nitrogens with zero attached hydrogens (tertiary/aromatic N) is 4. The maximum absolute atomic E-state index is 12.7. The van der Waals surface area contributed by atoms with Crippen LogP contribution in [-0.4, -0.2) is 49.2 Å². The summed E-state index contributed by atoms with van der Waals surface area (Å²) in [5, 5.41) is 13.3. The second kappa shape index (κ2) is 5.83. The third kappa shape index (κ3) is 2.69. The van der Waals surface area contributed by atoms with Gasteiger partial charge in [0, 0.05) is 18.2 Å². The topological polar surface area (TPSA) is 88.3 Å². The number of amides is 1. The van der Waals surface area contributed by atoms with Gasteiger partial charge in [-0.25, -0.2) is 9.67 Å². The highest BCUT2D eigenvalue weighted by Crippen LogP contribution is 2.27. The smallest absolute Gasteiger partial charge is 0.308 e. The Bertz CT molecular complexity index is 742. The Balaban J connectivity index is 1.85. The van der Waals surface area contributed by atoms with Crippen molar-refractivity contribution in [3.8, 4) is 5.69 Å². The fraction of sp³-hybridized carbons (Fsp3) is 0.375. The first kappa shape index (κ1) is 15.2. The molecule has 1 N–H and O–H groups in total. The van der Waals surface area contributed by atoms with Crippen molar-refractivity contribution in [2.45, 2.75) is 26.3 Å². The zero-order valence-corrected chi connectivity index (χ0v) is 13.0. The minimum absolute atomic E-state index is 0.121. The van der Waals surface area contributed by atoms with Crippen LogP contribution in [0.5, 0.6) is 0 Å². The predicted octanol–water partition coefficient (Wildman–Crippen LogP) is 1.51. The summed E-state index contributed by atoms with van der Waals surface area (Å²) in [4.78, 5) is 29.5. The van der Waals surface area contributed by atoms with Crippen molar-refractivity contribution in [1.82, 2.24) is 19.7 Å². The summed E-state index contributed by atoms with van der Waals surface area (Å²) < 4.78 is 1.63. The molecular formula is C16H18N4O3. The van der Waals surface area contributed by atoms with Crippen molar-refractivity contribution in [3.05, 3.63) is 42.0 Å². The molecule has 1 amide bonds. The SMILES string of the molecule is Cc1cc(-n2cncn2)ccc1C(=O)N1CCC(C(=O)O)C1C. The number of hydrogen-bond acceptors (Lipinski definition) is 4. The number of aromatic nitrogens is 3. The summed E-state index contributed by atoms with van der Waals surface area (Å²) in [6.45, 7) is 4.13. The molecule has 3 rings (SSSR count). The van der Waals surface area contributed by atoms with E-state index in [-0.39, 0.29) is 11.9 Å². The Kier molecular flexibility index (Phi) is 3.85. The number of likely N-dealkylation sites (tertiary alicyclic amines) is 1. The predicted molar refractivity (Wildman–Crippen MR) is 82.3 cm³/mol. The molecule has 2 atom stereocenters. The number of benzene rings is 1. The number of aliphatic carboxylic acids is 1. The molecule has 2 aromatic rings. The van der Waals surface area contributed by atoms with Crippen molar-refractivity contribution in [1.29, 1.82) is 0 Å². The summed E-state index contributed by atoms with van der Waals surface area (Å²) in [7, 11) is 0. The summed E-state index contributed by atoms with van der Waals surface area (Å²) in [6.07, 6.45) is 3.54. The molecule has 23 heavy (non-hydrogen) atoms. The van der Waals surface area contributed by atoms with Crippen LogP contribution in [0.15, 0.2) is 30.9 Å². The van der Waals surface area contributed by atoms with Gasteiger partial charge in [0.25, 0.3) is 5.91 Å². The molecule has 1 aromatic carbocycles. The van der Waals surface area contributed by atoms with Gasteiger partial charge in [0.1, 0.15) is 12.7 Å². The minimum Gasteiger partial charge on any atom is -0.481 e. The molecule has 1 aliphatic heterocycles. The first-order valence-electron chi connectivity index (χ1n) is 7.48. The molecule has 1 aromatic heterocycles. The van der Waals surface area contributed by atoms with Gasteiger partial charge in [-0.05, 0) is 44.0 Å². The number of rotatable bonds is 3. The summed E-state index contributed by atoms with van der Waals surface area (Å²) >= 11 is 0. The highest BCUT2D eigenvalue weighted by atomic mass is 16.4. The van der Waals surface area contributed by atoms with E-state index >= 15 is 0 Å². The third-order valence-electron chi connectivity index (χ3n) is 4.46. The molecule has 1 aliphatic rings. The van der Waals surface area contributed by atoms with Crippen LogP contribution < -0.4 is 0 Å². The number of aryl methyl sites for hydroxylation is 1. The minimum atomic E-state index is -0.842. The lowest BCUT2D eigenvalue weighted by molar-refractivity contribution is -0.142. The molecule has 2 unspecified atom stereocenters. The van der Waals surface area contributed by atoms with E-state index < -0.39 is 11.9 Å². The lowest BCUT2D eigenvalue weighted by Gasteiger charge is -2.24. The zero-order valence-electron chi connectivity index (χ0n) is 13.0. The van der Waals surface area contributed by atoms with E-state index in [1.165, 1.54) is 6.33 Å². The number of carbonyl (C=O) groups is 2. The van der Waals surface area contributed by atoms with Gasteiger partial charge in [0.05, 0.1) is 11.6 Å². The summed E-state index contributed by atoms with van der Waals surface area (Å²) in [5.74, 6) is -1.45. The first-order chi connectivity index (χ1) is 11.0. The Morgan fingerprint density at radius 3 is 2.70 bits per heavy atom. The van der Waals surface area contributed by atoms with E-state index in [9.17, 15) is 14.7 Å². The molecule has 2 heterocycles. The number of carboxylic acids is 1. The molecule has 120 valence electrons. The largest absolute Gasteiger partial charge is 0.481 e. The van der Waals surface area contributed by atoms with Crippen LogP contribution >= 0.6 is 0 Å². The van der Waals surface area contributed by atoms with Crippen molar-refractivity contribution in [3.63, 3.8) is 0 Å². The third-order valence-corrected chi connectivity index (χ3v) is 4.46. The van der Waals surface area contributed by atoms with Crippen LogP contribution in [0.2, 0.25) is 0 Å². The van der Waals surface area contributed by atoms with Gasteiger partial charge in [-0.2, -0.15) is 5.10 Å². The number of carbonyl (C=O) groups excluding carboxylic acids is 1. The maximum Gasteiger partial charge on any atom is 0.308 e. The van der Waals surface area contributed by atoms with Crippen molar-refractivity contribution in [2.75, 3.05) is 6.54 Å².